The molecule has 0 aromatic heterocycles. The molecule has 6 nitrogen and oxygen atoms in total. The molecule has 0 spiro atoms. The van der Waals surface area contributed by atoms with Gasteiger partial charge in [-0.1, -0.05) is 12.1 Å². The summed E-state index contributed by atoms with van der Waals surface area (Å²) in [5, 5.41) is 8.84. The zero-order chi connectivity index (χ0) is 21.9. The highest BCUT2D eigenvalue weighted by molar-refractivity contribution is 5.46. The van der Waals surface area contributed by atoms with E-state index in [4.69, 9.17) is 21.3 Å². The van der Waals surface area contributed by atoms with E-state index < -0.39 is 0 Å². The van der Waals surface area contributed by atoms with E-state index in [9.17, 15) is 0 Å². The molecule has 1 heterocycles. The van der Waals surface area contributed by atoms with Gasteiger partial charge in [-0.2, -0.15) is 5.26 Å². The molecule has 1 fully saturated rings. The zero-order valence-corrected chi connectivity index (χ0v) is 18.2. The van der Waals surface area contributed by atoms with Crippen molar-refractivity contribution in [1.29, 1.82) is 5.26 Å². The van der Waals surface area contributed by atoms with E-state index in [1.807, 2.05) is 24.3 Å². The van der Waals surface area contributed by atoms with Crippen LogP contribution in [0.2, 0.25) is 0 Å². The minimum atomic E-state index is 0.533. The van der Waals surface area contributed by atoms with Crippen LogP contribution in [0, 0.1) is 17.9 Å². The Balaban J connectivity index is 1.27. The van der Waals surface area contributed by atoms with Gasteiger partial charge in [-0.05, 0) is 56.2 Å². The van der Waals surface area contributed by atoms with E-state index >= 15 is 0 Å². The minimum absolute atomic E-state index is 0.533. The number of benzene rings is 2. The summed E-state index contributed by atoms with van der Waals surface area (Å²) in [6, 6.07) is 17.2. The van der Waals surface area contributed by atoms with Crippen molar-refractivity contribution in [3.05, 3.63) is 65.5 Å². The van der Waals surface area contributed by atoms with Crippen molar-refractivity contribution < 1.29 is 9.47 Å². The summed E-state index contributed by atoms with van der Waals surface area (Å²) in [6.07, 6.45) is 1.99. The maximum absolute atomic E-state index is 8.84. The maximum Gasteiger partial charge on any atom is 0.187 e. The summed E-state index contributed by atoms with van der Waals surface area (Å²) in [5.74, 6) is 1.65. The zero-order valence-electron chi connectivity index (χ0n) is 18.2. The van der Waals surface area contributed by atoms with E-state index in [2.05, 4.69) is 27.6 Å². The summed E-state index contributed by atoms with van der Waals surface area (Å²) in [7, 11) is 0. The number of piperazine rings is 1. The Bertz CT molecular complexity index is 884. The van der Waals surface area contributed by atoms with Gasteiger partial charge in [0.05, 0.1) is 31.4 Å². The number of hydrogen-bond acceptors (Lipinski definition) is 5. The lowest BCUT2D eigenvalue weighted by molar-refractivity contribution is 0.0757. The third kappa shape index (κ3) is 7.29. The summed E-state index contributed by atoms with van der Waals surface area (Å²) in [4.78, 5) is 8.44. The standard InChI is InChI=1S/C25H30N4O2/c1-21-20-28(13-3-17-30-25-11-7-23(27-2)8-12-25)15-16-29(21)14-4-18-31-24-9-5-22(19-26)6-10-24/h5-12,21H,3-4,13-18,20H2,1H3. The van der Waals surface area contributed by atoms with Crippen molar-refractivity contribution in [2.75, 3.05) is 45.9 Å². The van der Waals surface area contributed by atoms with Crippen LogP contribution in [0.3, 0.4) is 0 Å². The molecule has 162 valence electrons. The SMILES string of the molecule is [C-]#[N+]c1ccc(OCCCN2CCN(CCCOc3ccc(C#N)cc3)C(C)C2)cc1. The first kappa shape index (κ1) is 22.6. The van der Waals surface area contributed by atoms with Gasteiger partial charge in [0.2, 0.25) is 0 Å². The van der Waals surface area contributed by atoms with Gasteiger partial charge in [0.25, 0.3) is 0 Å². The van der Waals surface area contributed by atoms with Crippen LogP contribution in [0.15, 0.2) is 48.5 Å². The summed E-state index contributed by atoms with van der Waals surface area (Å²) in [6.45, 7) is 16.0. The molecule has 0 bridgehead atoms. The van der Waals surface area contributed by atoms with Crippen LogP contribution in [-0.2, 0) is 0 Å². The van der Waals surface area contributed by atoms with E-state index in [0.717, 1.165) is 57.1 Å². The Labute approximate surface area is 185 Å². The Morgan fingerprint density at radius 1 is 0.968 bits per heavy atom. The first-order chi connectivity index (χ1) is 15.2. The molecule has 1 saturated heterocycles. The van der Waals surface area contributed by atoms with Crippen LogP contribution in [0.25, 0.3) is 4.85 Å². The van der Waals surface area contributed by atoms with Crippen molar-refractivity contribution in [3.63, 3.8) is 0 Å². The smallest absolute Gasteiger partial charge is 0.187 e. The van der Waals surface area contributed by atoms with Crippen molar-refractivity contribution in [2.24, 2.45) is 0 Å². The number of nitrogens with zero attached hydrogens (tertiary/aromatic N) is 4. The Morgan fingerprint density at radius 2 is 1.58 bits per heavy atom. The van der Waals surface area contributed by atoms with Gasteiger partial charge < -0.3 is 14.4 Å². The summed E-state index contributed by atoms with van der Waals surface area (Å²) >= 11 is 0. The number of nitriles is 1. The van der Waals surface area contributed by atoms with Crippen LogP contribution >= 0.6 is 0 Å². The van der Waals surface area contributed by atoms with E-state index in [0.29, 0.717) is 30.5 Å². The topological polar surface area (TPSA) is 53.1 Å². The van der Waals surface area contributed by atoms with E-state index in [1.165, 1.54) is 0 Å². The first-order valence-electron chi connectivity index (χ1n) is 10.9. The highest BCUT2D eigenvalue weighted by Gasteiger charge is 2.22. The molecule has 31 heavy (non-hydrogen) atoms. The van der Waals surface area contributed by atoms with Crippen LogP contribution in [0.5, 0.6) is 11.5 Å². The fourth-order valence-corrected chi connectivity index (χ4v) is 3.78. The van der Waals surface area contributed by atoms with Crippen LogP contribution in [0.4, 0.5) is 5.69 Å². The summed E-state index contributed by atoms with van der Waals surface area (Å²) in [5.41, 5.74) is 1.29. The van der Waals surface area contributed by atoms with E-state index in [1.54, 1.807) is 24.3 Å². The highest BCUT2D eigenvalue weighted by atomic mass is 16.5. The molecule has 3 rings (SSSR count). The quantitative estimate of drug-likeness (QED) is 0.424. The normalized spacial score (nSPS) is 16.9. The lowest BCUT2D eigenvalue weighted by Crippen LogP contribution is -2.52. The van der Waals surface area contributed by atoms with Crippen molar-refractivity contribution >= 4 is 5.69 Å². The van der Waals surface area contributed by atoms with Gasteiger partial charge in [0.15, 0.2) is 5.69 Å². The average molecular weight is 419 g/mol. The molecular formula is C25H30N4O2. The second-order valence-electron chi connectivity index (χ2n) is 7.83. The lowest BCUT2D eigenvalue weighted by Gasteiger charge is -2.40. The van der Waals surface area contributed by atoms with Crippen LogP contribution in [0.1, 0.15) is 25.3 Å². The largest absolute Gasteiger partial charge is 0.494 e. The molecule has 0 aliphatic carbocycles. The third-order valence-corrected chi connectivity index (χ3v) is 5.54. The fraction of sp³-hybridized carbons (Fsp3) is 0.440. The number of rotatable bonds is 10. The monoisotopic (exact) mass is 418 g/mol. The van der Waals surface area contributed by atoms with Crippen LogP contribution in [-0.4, -0.2) is 61.8 Å². The molecule has 1 aliphatic rings. The van der Waals surface area contributed by atoms with Crippen molar-refractivity contribution in [1.82, 2.24) is 9.80 Å². The molecule has 1 unspecified atom stereocenters. The van der Waals surface area contributed by atoms with Crippen LogP contribution < -0.4 is 9.47 Å². The fourth-order valence-electron chi connectivity index (χ4n) is 3.78. The molecule has 0 radical (unpaired) electrons. The van der Waals surface area contributed by atoms with Crippen molar-refractivity contribution in [2.45, 2.75) is 25.8 Å². The molecule has 1 aliphatic heterocycles. The predicted octanol–water partition coefficient (Wildman–Crippen LogP) is 4.35. The molecule has 0 saturated carbocycles. The molecule has 2 aromatic carbocycles. The number of hydrogen-bond donors (Lipinski definition) is 0. The van der Waals surface area contributed by atoms with Gasteiger partial charge >= 0.3 is 0 Å². The van der Waals surface area contributed by atoms with Gasteiger partial charge in [-0.15, -0.1) is 0 Å². The van der Waals surface area contributed by atoms with Gasteiger partial charge in [0.1, 0.15) is 11.5 Å². The molecule has 1 atom stereocenters. The van der Waals surface area contributed by atoms with Crippen molar-refractivity contribution in [3.8, 4) is 17.6 Å². The van der Waals surface area contributed by atoms with Gasteiger partial charge in [-0.3, -0.25) is 4.90 Å². The lowest BCUT2D eigenvalue weighted by atomic mass is 10.1. The highest BCUT2D eigenvalue weighted by Crippen LogP contribution is 2.18. The van der Waals surface area contributed by atoms with Gasteiger partial charge in [-0.25, -0.2) is 4.85 Å². The first-order valence-corrected chi connectivity index (χ1v) is 10.9. The molecular weight excluding hydrogens is 388 g/mol. The second-order valence-corrected chi connectivity index (χ2v) is 7.83. The Kier molecular flexibility index (Phi) is 8.72. The maximum atomic E-state index is 8.84. The third-order valence-electron chi connectivity index (χ3n) is 5.54. The molecule has 6 heteroatoms. The van der Waals surface area contributed by atoms with Gasteiger partial charge in [0, 0.05) is 38.8 Å². The number of ether oxygens (including phenoxy) is 2. The van der Waals surface area contributed by atoms with E-state index in [-0.39, 0.29) is 0 Å². The second kappa shape index (κ2) is 12.0. The molecule has 0 N–H and O–H groups in total. The minimum Gasteiger partial charge on any atom is -0.494 e. The molecule has 2 aromatic rings. The summed E-state index contributed by atoms with van der Waals surface area (Å²) < 4.78 is 11.6. The Hall–Kier alpha value is -3.06. The average Bonchev–Trinajstić information content (AvgIpc) is 2.81. The predicted molar refractivity (Wildman–Crippen MR) is 122 cm³/mol. The Morgan fingerprint density at radius 3 is 2.16 bits per heavy atom. The molecule has 0 amide bonds.